The normalized spacial score (nSPS) is 10.6. The van der Waals surface area contributed by atoms with E-state index in [1.54, 1.807) is 24.0 Å². The van der Waals surface area contributed by atoms with Gasteiger partial charge in [-0.3, -0.25) is 9.48 Å². The Kier molecular flexibility index (Phi) is 3.85. The van der Waals surface area contributed by atoms with Gasteiger partial charge in [0.1, 0.15) is 5.69 Å². The van der Waals surface area contributed by atoms with Gasteiger partial charge < -0.3 is 0 Å². The number of hydrogen-bond acceptors (Lipinski definition) is 2. The highest BCUT2D eigenvalue weighted by atomic mass is 79.9. The van der Waals surface area contributed by atoms with E-state index in [0.29, 0.717) is 15.7 Å². The van der Waals surface area contributed by atoms with Crippen LogP contribution in [0.5, 0.6) is 0 Å². The summed E-state index contributed by atoms with van der Waals surface area (Å²) in [5, 5.41) is 4.04. The third-order valence-electron chi connectivity index (χ3n) is 2.28. The molecule has 0 unspecified atom stereocenters. The van der Waals surface area contributed by atoms with Gasteiger partial charge in [0.05, 0.1) is 10.7 Å². The Morgan fingerprint density at radius 2 is 1.94 bits per heavy atom. The molecule has 0 N–H and O–H groups in total. The van der Waals surface area contributed by atoms with E-state index in [2.05, 4.69) is 52.9 Å². The number of benzene rings is 1. The van der Waals surface area contributed by atoms with Gasteiger partial charge >= 0.3 is 0 Å². The van der Waals surface area contributed by atoms with Gasteiger partial charge in [-0.25, -0.2) is 0 Å². The Labute approximate surface area is 124 Å². The van der Waals surface area contributed by atoms with Gasteiger partial charge in [0.15, 0.2) is 0 Å². The summed E-state index contributed by atoms with van der Waals surface area (Å²) in [6.45, 7) is 0. The average molecular weight is 423 g/mol. The van der Waals surface area contributed by atoms with E-state index in [4.69, 9.17) is 0 Å². The molecule has 1 aromatic carbocycles. The highest BCUT2D eigenvalue weighted by molar-refractivity contribution is 9.11. The maximum Gasteiger partial charge on any atom is 0.213 e. The van der Waals surface area contributed by atoms with Crippen LogP contribution in [-0.4, -0.2) is 15.6 Å². The first-order valence-electron chi connectivity index (χ1n) is 4.68. The zero-order chi connectivity index (χ0) is 12.6. The number of ketones is 1. The van der Waals surface area contributed by atoms with Gasteiger partial charge in [0, 0.05) is 21.6 Å². The number of nitrogens with zero attached hydrogens (tertiary/aromatic N) is 2. The van der Waals surface area contributed by atoms with Crippen LogP contribution in [0.3, 0.4) is 0 Å². The first-order valence-corrected chi connectivity index (χ1v) is 7.06. The van der Waals surface area contributed by atoms with Crippen LogP contribution in [0.25, 0.3) is 0 Å². The van der Waals surface area contributed by atoms with Gasteiger partial charge in [-0.1, -0.05) is 31.9 Å². The molecule has 0 saturated carbocycles. The zero-order valence-electron chi connectivity index (χ0n) is 8.75. The van der Waals surface area contributed by atoms with Crippen molar-refractivity contribution in [1.82, 2.24) is 9.78 Å². The lowest BCUT2D eigenvalue weighted by molar-refractivity contribution is 0.102. The molecular weight excluding hydrogens is 416 g/mol. The summed E-state index contributed by atoms with van der Waals surface area (Å²) in [6, 6.07) is 5.49. The second-order valence-electron chi connectivity index (χ2n) is 3.42. The van der Waals surface area contributed by atoms with Crippen molar-refractivity contribution < 1.29 is 4.79 Å². The van der Waals surface area contributed by atoms with Crippen LogP contribution in [0.2, 0.25) is 0 Å². The molecule has 1 heterocycles. The molecule has 0 amide bonds. The predicted molar refractivity (Wildman–Crippen MR) is 76.2 cm³/mol. The van der Waals surface area contributed by atoms with E-state index in [1.165, 1.54) is 0 Å². The van der Waals surface area contributed by atoms with E-state index < -0.39 is 0 Å². The van der Waals surface area contributed by atoms with Crippen LogP contribution in [0.15, 0.2) is 37.8 Å². The molecular formula is C11H7Br3N2O. The molecule has 0 aliphatic carbocycles. The molecule has 3 nitrogen and oxygen atoms in total. The number of halogens is 3. The minimum Gasteiger partial charge on any atom is -0.287 e. The van der Waals surface area contributed by atoms with Crippen molar-refractivity contribution >= 4 is 53.6 Å². The summed E-state index contributed by atoms with van der Waals surface area (Å²) in [7, 11) is 1.74. The van der Waals surface area contributed by atoms with Gasteiger partial charge in [-0.2, -0.15) is 5.10 Å². The molecule has 88 valence electrons. The molecule has 0 spiro atoms. The number of hydrogen-bond donors (Lipinski definition) is 0. The molecule has 6 heteroatoms. The SMILES string of the molecule is Cn1ncc(Br)c1C(=O)c1cc(Br)ccc1Br. The lowest BCUT2D eigenvalue weighted by Gasteiger charge is -2.05. The summed E-state index contributed by atoms with van der Waals surface area (Å²) in [4.78, 5) is 12.4. The minimum atomic E-state index is -0.0787. The zero-order valence-corrected chi connectivity index (χ0v) is 13.5. The van der Waals surface area contributed by atoms with Gasteiger partial charge in [-0.05, 0) is 34.1 Å². The summed E-state index contributed by atoms with van der Waals surface area (Å²) in [5.74, 6) is -0.0787. The highest BCUT2D eigenvalue weighted by Gasteiger charge is 2.19. The van der Waals surface area contributed by atoms with Gasteiger partial charge in [0.25, 0.3) is 0 Å². The summed E-state index contributed by atoms with van der Waals surface area (Å²) >= 11 is 10.1. The fourth-order valence-corrected chi connectivity index (χ4v) is 2.78. The molecule has 0 atom stereocenters. The van der Waals surface area contributed by atoms with Crippen molar-refractivity contribution in [2.75, 3.05) is 0 Å². The quantitative estimate of drug-likeness (QED) is 0.687. The van der Waals surface area contributed by atoms with Crippen LogP contribution < -0.4 is 0 Å². The maximum absolute atomic E-state index is 12.4. The fourth-order valence-electron chi connectivity index (χ4n) is 1.47. The van der Waals surface area contributed by atoms with Crippen molar-refractivity contribution in [3.63, 3.8) is 0 Å². The Hall–Kier alpha value is -0.460. The van der Waals surface area contributed by atoms with Crippen molar-refractivity contribution in [3.8, 4) is 0 Å². The average Bonchev–Trinajstić information content (AvgIpc) is 2.61. The van der Waals surface area contributed by atoms with Gasteiger partial charge in [-0.15, -0.1) is 0 Å². The number of aryl methyl sites for hydroxylation is 1. The fraction of sp³-hybridized carbons (Fsp3) is 0.0909. The first kappa shape index (κ1) is 13.0. The van der Waals surface area contributed by atoms with Crippen LogP contribution in [0, 0.1) is 0 Å². The third-order valence-corrected chi connectivity index (χ3v) is 4.05. The molecule has 0 bridgehead atoms. The Balaban J connectivity index is 2.55. The largest absolute Gasteiger partial charge is 0.287 e. The highest BCUT2D eigenvalue weighted by Crippen LogP contribution is 2.26. The van der Waals surface area contributed by atoms with Crippen LogP contribution in [-0.2, 0) is 7.05 Å². The molecule has 0 saturated heterocycles. The van der Waals surface area contributed by atoms with E-state index >= 15 is 0 Å². The Morgan fingerprint density at radius 3 is 2.53 bits per heavy atom. The summed E-state index contributed by atoms with van der Waals surface area (Å²) in [5.41, 5.74) is 1.13. The second kappa shape index (κ2) is 5.04. The van der Waals surface area contributed by atoms with Crippen LogP contribution in [0.4, 0.5) is 0 Å². The molecule has 0 aliphatic heterocycles. The van der Waals surface area contributed by atoms with Crippen molar-refractivity contribution in [1.29, 1.82) is 0 Å². The minimum absolute atomic E-state index is 0.0787. The van der Waals surface area contributed by atoms with Crippen molar-refractivity contribution in [3.05, 3.63) is 49.1 Å². The monoisotopic (exact) mass is 420 g/mol. The predicted octanol–water partition coefficient (Wildman–Crippen LogP) is 3.94. The smallest absolute Gasteiger partial charge is 0.213 e. The second-order valence-corrected chi connectivity index (χ2v) is 6.04. The van der Waals surface area contributed by atoms with E-state index in [0.717, 1.165) is 8.95 Å². The molecule has 2 rings (SSSR count). The maximum atomic E-state index is 12.4. The van der Waals surface area contributed by atoms with E-state index in [-0.39, 0.29) is 5.78 Å². The topological polar surface area (TPSA) is 34.9 Å². The van der Waals surface area contributed by atoms with Crippen molar-refractivity contribution in [2.45, 2.75) is 0 Å². The molecule has 17 heavy (non-hydrogen) atoms. The number of carbonyl (C=O) groups is 1. The van der Waals surface area contributed by atoms with E-state index in [9.17, 15) is 4.79 Å². The van der Waals surface area contributed by atoms with Crippen molar-refractivity contribution in [2.24, 2.45) is 7.05 Å². The van der Waals surface area contributed by atoms with Crippen LogP contribution in [0.1, 0.15) is 16.1 Å². The first-order chi connectivity index (χ1) is 8.00. The molecule has 1 aromatic heterocycles. The molecule has 0 fully saturated rings. The number of carbonyl (C=O) groups excluding carboxylic acids is 1. The van der Waals surface area contributed by atoms with Crippen LogP contribution >= 0.6 is 47.8 Å². The Morgan fingerprint density at radius 1 is 1.24 bits per heavy atom. The lowest BCUT2D eigenvalue weighted by Crippen LogP contribution is -2.09. The lowest BCUT2D eigenvalue weighted by atomic mass is 10.1. The standard InChI is InChI=1S/C11H7Br3N2O/c1-16-10(9(14)5-15-16)11(17)7-4-6(12)2-3-8(7)13/h2-5H,1H3. The summed E-state index contributed by atoms with van der Waals surface area (Å²) < 4.78 is 3.87. The number of rotatable bonds is 2. The molecule has 0 radical (unpaired) electrons. The molecule has 0 aliphatic rings. The Bertz CT molecular complexity index is 573. The molecule has 2 aromatic rings. The van der Waals surface area contributed by atoms with Gasteiger partial charge in [0.2, 0.25) is 5.78 Å². The number of aromatic nitrogens is 2. The summed E-state index contributed by atoms with van der Waals surface area (Å²) in [6.07, 6.45) is 1.61. The third kappa shape index (κ3) is 2.53. The van der Waals surface area contributed by atoms with E-state index in [1.807, 2.05) is 12.1 Å².